The molecule has 0 aliphatic carbocycles. The topological polar surface area (TPSA) is 203 Å². The molecule has 1 N–H and O–H groups in total. The lowest BCUT2D eigenvalue weighted by atomic mass is 10.00. The third-order valence-corrected chi connectivity index (χ3v) is 14.2. The molecule has 0 saturated carbocycles. The van der Waals surface area contributed by atoms with Gasteiger partial charge in [-0.3, -0.25) is 19.2 Å². The number of hydrogen-bond donors (Lipinski definition) is 1. The summed E-state index contributed by atoms with van der Waals surface area (Å²) >= 11 is 0. The molecule has 79 heavy (non-hydrogen) atoms. The summed E-state index contributed by atoms with van der Waals surface area (Å²) in [5.74, 6) is -5.01. The molecule has 2 saturated heterocycles. The summed E-state index contributed by atoms with van der Waals surface area (Å²) in [5.41, 5.74) is 3.41. The second kappa shape index (κ2) is 31.9. The molecule has 19 nitrogen and oxygen atoms in total. The fourth-order valence-electron chi connectivity index (χ4n) is 9.75. The molecule has 0 radical (unpaired) electrons. The van der Waals surface area contributed by atoms with Gasteiger partial charge in [0, 0.05) is 71.5 Å². The Hall–Kier alpha value is -5.79. The molecule has 19 heteroatoms. The number of carbonyl (C=O) groups is 7. The van der Waals surface area contributed by atoms with Gasteiger partial charge in [-0.05, 0) is 113 Å². The predicted octanol–water partition coefficient (Wildman–Crippen LogP) is 6.11. The largest absolute Gasteiger partial charge is 0.461 e. The van der Waals surface area contributed by atoms with E-state index in [9.17, 15) is 33.6 Å². The van der Waals surface area contributed by atoms with Crippen LogP contribution in [0.5, 0.6) is 0 Å². The number of ether oxygens (including phenoxy) is 6. The van der Waals surface area contributed by atoms with Gasteiger partial charge in [0.15, 0.2) is 18.3 Å². The zero-order valence-corrected chi connectivity index (χ0v) is 50.0. The van der Waals surface area contributed by atoms with Crippen LogP contribution in [0.4, 0.5) is 11.4 Å². The van der Waals surface area contributed by atoms with Crippen LogP contribution in [0.2, 0.25) is 0 Å². The van der Waals surface area contributed by atoms with E-state index < -0.39 is 90.2 Å². The van der Waals surface area contributed by atoms with E-state index in [4.69, 9.17) is 28.4 Å². The third kappa shape index (κ3) is 20.4. The molecule has 7 atom stereocenters. The molecule has 2 aromatic carbocycles. The van der Waals surface area contributed by atoms with Crippen LogP contribution in [0.1, 0.15) is 113 Å². The number of hydrogen-bond acceptors (Lipinski definition) is 16. The van der Waals surface area contributed by atoms with E-state index >= 15 is 0 Å². The molecule has 442 valence electrons. The highest BCUT2D eigenvalue weighted by atomic mass is 16.6. The molecule has 4 rings (SSSR count). The first-order valence-electron chi connectivity index (χ1n) is 28.4. The van der Waals surface area contributed by atoms with E-state index in [-0.39, 0.29) is 49.4 Å². The molecule has 0 bridgehead atoms. The van der Waals surface area contributed by atoms with Gasteiger partial charge in [0.05, 0.1) is 32.5 Å². The predicted molar refractivity (Wildman–Crippen MR) is 303 cm³/mol. The first kappa shape index (κ1) is 65.7. The van der Waals surface area contributed by atoms with Crippen LogP contribution in [-0.2, 0) is 74.8 Å². The lowest BCUT2D eigenvalue weighted by Gasteiger charge is -2.34. The Balaban J connectivity index is 1.60. The molecule has 2 aliphatic rings. The number of benzene rings is 2. The van der Waals surface area contributed by atoms with Crippen LogP contribution < -0.4 is 15.1 Å². The molecule has 2 fully saturated rings. The molecule has 0 spiro atoms. The highest BCUT2D eigenvalue weighted by Crippen LogP contribution is 2.25. The van der Waals surface area contributed by atoms with Crippen molar-refractivity contribution < 1.29 is 62.0 Å². The van der Waals surface area contributed by atoms with Gasteiger partial charge in [-0.1, -0.05) is 79.7 Å². The minimum absolute atomic E-state index is 0.00335. The number of esters is 4. The molecule has 3 amide bonds. The first-order valence-corrected chi connectivity index (χ1v) is 28.4. The number of anilines is 2. The van der Waals surface area contributed by atoms with Crippen molar-refractivity contribution in [2.45, 2.75) is 163 Å². The summed E-state index contributed by atoms with van der Waals surface area (Å²) in [5, 5.41) is 3.01. The number of likely N-dealkylation sites (N-methyl/N-ethyl adjacent to an activating group) is 4. The van der Waals surface area contributed by atoms with Crippen LogP contribution >= 0.6 is 0 Å². The van der Waals surface area contributed by atoms with Gasteiger partial charge in [0.1, 0.15) is 24.2 Å². The number of nitrogens with one attached hydrogen (secondary N) is 1. The van der Waals surface area contributed by atoms with Crippen molar-refractivity contribution in [1.29, 1.82) is 0 Å². The maximum atomic E-state index is 14.7. The van der Waals surface area contributed by atoms with Crippen molar-refractivity contribution in [3.63, 3.8) is 0 Å². The Labute approximate surface area is 470 Å². The minimum Gasteiger partial charge on any atom is -0.461 e. The Morgan fingerprint density at radius 3 is 1.14 bits per heavy atom. The van der Waals surface area contributed by atoms with Gasteiger partial charge < -0.3 is 58.2 Å². The Kier molecular flexibility index (Phi) is 26.5. The van der Waals surface area contributed by atoms with Gasteiger partial charge in [-0.2, -0.15) is 0 Å². The molecule has 2 aromatic rings. The van der Waals surface area contributed by atoms with Crippen LogP contribution in [0.15, 0.2) is 48.5 Å². The maximum absolute atomic E-state index is 14.7. The van der Waals surface area contributed by atoms with Gasteiger partial charge in [0.2, 0.25) is 0 Å². The SMILES string of the molecule is CNC(CC(C)C)C(=O)OC(Cc1ccc(N2CCOCC2)cc1)C(=O)N(C)C(CC(C)C)C(=O)OC(C)C(=O)N(C)C(CC(C)C)C(=O)OC(Cc1ccc(N2CCOCC2)cc1)C(=O)N(C)C(CC(C)C)C(=O)OC(C)C. The molecule has 7 unspecified atom stereocenters. The van der Waals surface area contributed by atoms with E-state index in [0.29, 0.717) is 44.8 Å². The van der Waals surface area contributed by atoms with Gasteiger partial charge in [0.25, 0.3) is 17.7 Å². The minimum atomic E-state index is -1.44. The summed E-state index contributed by atoms with van der Waals surface area (Å²) in [4.78, 5) is 108. The summed E-state index contributed by atoms with van der Waals surface area (Å²) in [6.45, 7) is 25.6. The molecule has 0 aromatic heterocycles. The first-order chi connectivity index (χ1) is 37.3. The summed E-state index contributed by atoms with van der Waals surface area (Å²) in [7, 11) is 6.04. The lowest BCUT2D eigenvalue weighted by molar-refractivity contribution is -0.173. The fourth-order valence-corrected chi connectivity index (χ4v) is 9.75. The average Bonchev–Trinajstić information content (AvgIpc) is 3.42. The molecular weight excluding hydrogens is 1010 g/mol. The van der Waals surface area contributed by atoms with Crippen molar-refractivity contribution in [2.75, 3.05) is 90.6 Å². The van der Waals surface area contributed by atoms with Gasteiger partial charge >= 0.3 is 23.9 Å². The van der Waals surface area contributed by atoms with Crippen LogP contribution in [0, 0.1) is 23.7 Å². The van der Waals surface area contributed by atoms with E-state index in [1.807, 2.05) is 104 Å². The van der Waals surface area contributed by atoms with Crippen molar-refractivity contribution in [1.82, 2.24) is 20.0 Å². The number of carbonyl (C=O) groups excluding carboxylic acids is 7. The van der Waals surface area contributed by atoms with Crippen molar-refractivity contribution in [3.8, 4) is 0 Å². The van der Waals surface area contributed by atoms with Crippen molar-refractivity contribution in [3.05, 3.63) is 59.7 Å². The molecule has 2 heterocycles. The lowest BCUT2D eigenvalue weighted by Crippen LogP contribution is -2.53. The van der Waals surface area contributed by atoms with Gasteiger partial charge in [-0.25, -0.2) is 14.4 Å². The van der Waals surface area contributed by atoms with Crippen molar-refractivity contribution in [2.24, 2.45) is 23.7 Å². The zero-order valence-electron chi connectivity index (χ0n) is 50.0. The van der Waals surface area contributed by atoms with E-state index in [1.54, 1.807) is 20.9 Å². The molecule has 2 aliphatic heterocycles. The van der Waals surface area contributed by atoms with E-state index in [0.717, 1.165) is 43.1 Å². The second-order valence-electron chi connectivity index (χ2n) is 23.1. The number of nitrogens with zero attached hydrogens (tertiary/aromatic N) is 5. The summed E-state index contributed by atoms with van der Waals surface area (Å²) in [6, 6.07) is 11.3. The van der Waals surface area contributed by atoms with Gasteiger partial charge in [-0.15, -0.1) is 0 Å². The Morgan fingerprint density at radius 2 is 0.797 bits per heavy atom. The monoisotopic (exact) mass is 1110 g/mol. The number of amides is 3. The Bertz CT molecular complexity index is 2260. The molecular formula is C60H94N6O13. The smallest absolute Gasteiger partial charge is 0.329 e. The zero-order chi connectivity index (χ0) is 58.7. The summed E-state index contributed by atoms with van der Waals surface area (Å²) < 4.78 is 34.8. The van der Waals surface area contributed by atoms with Crippen molar-refractivity contribution >= 4 is 53.0 Å². The highest BCUT2D eigenvalue weighted by Gasteiger charge is 2.41. The van der Waals surface area contributed by atoms with E-state index in [2.05, 4.69) is 15.1 Å². The quantitative estimate of drug-likeness (QED) is 0.0722. The van der Waals surface area contributed by atoms with Crippen LogP contribution in [-0.4, -0.2) is 186 Å². The maximum Gasteiger partial charge on any atom is 0.329 e. The van der Waals surface area contributed by atoms with Crippen LogP contribution in [0.3, 0.4) is 0 Å². The number of rotatable bonds is 29. The third-order valence-electron chi connectivity index (χ3n) is 14.2. The standard InChI is InChI=1S/C60H94N6O13/c1-38(2)32-48(61-12)57(70)78-52(36-44-16-20-46(21-17-44)65-24-28-74-29-25-65)55(68)64(15)50(34-40(5)6)59(72)77-43(11)54(67)62(13)51(35-41(7)8)60(73)79-53(37-45-18-22-47(23-19-45)66-26-30-75-31-27-66)56(69)63(14)49(33-39(3)4)58(71)76-42(9)10/h16-23,38-43,48-53,61H,24-37H2,1-15H3. The summed E-state index contributed by atoms with van der Waals surface area (Å²) in [6.07, 6.45) is -3.58. The highest BCUT2D eigenvalue weighted by molar-refractivity contribution is 5.93. The fraction of sp³-hybridized carbons (Fsp3) is 0.683. The average molecular weight is 1110 g/mol. The number of morpholine rings is 2. The normalized spacial score (nSPS) is 16.7. The van der Waals surface area contributed by atoms with E-state index in [1.165, 1.54) is 42.8 Å². The Morgan fingerprint density at radius 1 is 0.468 bits per heavy atom. The van der Waals surface area contributed by atoms with Crippen LogP contribution in [0.25, 0.3) is 0 Å². The second-order valence-corrected chi connectivity index (χ2v) is 23.1.